The smallest absolute Gasteiger partial charge is 0.262 e. The Morgan fingerprint density at radius 1 is 1.50 bits per heavy atom. The summed E-state index contributed by atoms with van der Waals surface area (Å²) in [5, 5.41) is 5.10. The van der Waals surface area contributed by atoms with Crippen molar-refractivity contribution in [1.29, 1.82) is 0 Å². The van der Waals surface area contributed by atoms with E-state index in [4.69, 9.17) is 23.4 Å². The molecule has 2 aromatic rings. The van der Waals surface area contributed by atoms with Gasteiger partial charge in [-0.25, -0.2) is 4.21 Å². The first-order chi connectivity index (χ1) is 10.5. The molecule has 0 saturated heterocycles. The van der Waals surface area contributed by atoms with E-state index in [1.165, 1.54) is 11.3 Å². The van der Waals surface area contributed by atoms with Crippen LogP contribution in [0, 0.1) is 12.3 Å². The van der Waals surface area contributed by atoms with Crippen molar-refractivity contribution >= 4 is 51.1 Å². The van der Waals surface area contributed by atoms with Crippen LogP contribution < -0.4 is 10.0 Å². The number of fused-ring (bicyclic) bond motifs is 1. The van der Waals surface area contributed by atoms with Gasteiger partial charge in [0.1, 0.15) is 4.21 Å². The Morgan fingerprint density at radius 2 is 2.32 bits per heavy atom. The van der Waals surface area contributed by atoms with E-state index in [1.807, 2.05) is 35.7 Å². The monoisotopic (exact) mass is 348 g/mol. The Labute approximate surface area is 140 Å². The number of rotatable bonds is 3. The van der Waals surface area contributed by atoms with Crippen LogP contribution in [0.4, 0.5) is 11.4 Å². The molecule has 0 aliphatic carbocycles. The number of thiocarbonyl (C=S) groups is 1. The zero-order chi connectivity index (χ0) is 15.7. The number of ether oxygens (including phenoxy) is 1. The molecule has 2 heterocycles. The maximum absolute atomic E-state index is 12.2. The summed E-state index contributed by atoms with van der Waals surface area (Å²) in [4.78, 5) is 0. The SMILES string of the molecule is C#CC1(C)OC(=S)Nc2ccc(NS(=O)c3cccs3)cc21. The van der Waals surface area contributed by atoms with E-state index in [0.717, 1.165) is 15.5 Å². The van der Waals surface area contributed by atoms with Gasteiger partial charge in [0.25, 0.3) is 5.17 Å². The number of benzene rings is 1. The van der Waals surface area contributed by atoms with Gasteiger partial charge < -0.3 is 14.8 Å². The van der Waals surface area contributed by atoms with E-state index in [9.17, 15) is 4.21 Å². The number of hydrogen-bond acceptors (Lipinski definition) is 4. The minimum atomic E-state index is -1.31. The van der Waals surface area contributed by atoms with Crippen molar-refractivity contribution in [3.63, 3.8) is 0 Å². The molecule has 0 saturated carbocycles. The van der Waals surface area contributed by atoms with Crippen LogP contribution in [-0.4, -0.2) is 9.38 Å². The molecule has 0 fully saturated rings. The van der Waals surface area contributed by atoms with Gasteiger partial charge >= 0.3 is 0 Å². The standard InChI is InChI=1S/C15H12N2O2S3/c1-3-15(2)11-9-10(6-7-12(11)16-14(20)19-15)17-22(18)13-5-4-8-21-13/h1,4-9,17H,2H3,(H,16,20). The molecule has 0 radical (unpaired) electrons. The summed E-state index contributed by atoms with van der Waals surface area (Å²) in [7, 11) is -1.31. The van der Waals surface area contributed by atoms with E-state index < -0.39 is 16.6 Å². The van der Waals surface area contributed by atoms with Gasteiger partial charge in [-0.05, 0) is 48.8 Å². The van der Waals surface area contributed by atoms with Gasteiger partial charge in [0.2, 0.25) is 0 Å². The van der Waals surface area contributed by atoms with E-state index in [0.29, 0.717) is 5.69 Å². The second kappa shape index (κ2) is 5.72. The Balaban J connectivity index is 1.94. The number of anilines is 2. The van der Waals surface area contributed by atoms with Gasteiger partial charge in [-0.15, -0.1) is 17.8 Å². The fraction of sp³-hybridized carbons (Fsp3) is 0.133. The Bertz CT molecular complexity index is 796. The number of thiophene rings is 1. The Hall–Kier alpha value is -1.88. The average molecular weight is 348 g/mol. The van der Waals surface area contributed by atoms with Crippen LogP contribution in [0.1, 0.15) is 12.5 Å². The quantitative estimate of drug-likeness (QED) is 0.659. The largest absolute Gasteiger partial charge is 0.447 e. The summed E-state index contributed by atoms with van der Waals surface area (Å²) in [5.41, 5.74) is 1.32. The molecule has 0 spiro atoms. The summed E-state index contributed by atoms with van der Waals surface area (Å²) in [6, 6.07) is 9.17. The maximum atomic E-state index is 12.2. The van der Waals surface area contributed by atoms with Crippen molar-refractivity contribution in [2.75, 3.05) is 10.0 Å². The molecule has 3 rings (SSSR count). The van der Waals surface area contributed by atoms with Crippen LogP contribution in [0.3, 0.4) is 0 Å². The van der Waals surface area contributed by atoms with Crippen molar-refractivity contribution in [3.05, 3.63) is 41.3 Å². The summed E-state index contributed by atoms with van der Waals surface area (Å²) in [5.74, 6) is 2.62. The Kier molecular flexibility index (Phi) is 3.91. The number of terminal acetylenes is 1. The lowest BCUT2D eigenvalue weighted by Gasteiger charge is -2.33. The second-order valence-electron chi connectivity index (χ2n) is 4.76. The predicted molar refractivity (Wildman–Crippen MR) is 94.3 cm³/mol. The van der Waals surface area contributed by atoms with E-state index in [-0.39, 0.29) is 5.17 Å². The van der Waals surface area contributed by atoms with Gasteiger partial charge in [0, 0.05) is 11.3 Å². The summed E-state index contributed by atoms with van der Waals surface area (Å²) in [6.07, 6.45) is 5.60. The number of nitrogens with one attached hydrogen (secondary N) is 2. The first kappa shape index (κ1) is 15.0. The highest BCUT2D eigenvalue weighted by molar-refractivity contribution is 7.88. The summed E-state index contributed by atoms with van der Waals surface area (Å²) >= 11 is 6.50. The highest BCUT2D eigenvalue weighted by atomic mass is 32.2. The molecule has 22 heavy (non-hydrogen) atoms. The van der Waals surface area contributed by atoms with Gasteiger partial charge in [-0.1, -0.05) is 12.0 Å². The molecular formula is C15H12N2O2S3. The lowest BCUT2D eigenvalue weighted by Crippen LogP contribution is -2.35. The van der Waals surface area contributed by atoms with Crippen LogP contribution in [0.2, 0.25) is 0 Å². The van der Waals surface area contributed by atoms with Crippen LogP contribution in [0.5, 0.6) is 0 Å². The number of hydrogen-bond donors (Lipinski definition) is 2. The van der Waals surface area contributed by atoms with Crippen molar-refractivity contribution in [1.82, 2.24) is 0 Å². The molecule has 0 amide bonds. The van der Waals surface area contributed by atoms with Crippen LogP contribution >= 0.6 is 23.6 Å². The minimum Gasteiger partial charge on any atom is -0.447 e. The van der Waals surface area contributed by atoms with Crippen LogP contribution in [0.15, 0.2) is 39.9 Å². The normalized spacial score (nSPS) is 21.0. The van der Waals surface area contributed by atoms with Crippen LogP contribution in [-0.2, 0) is 21.3 Å². The Morgan fingerprint density at radius 3 is 3.00 bits per heavy atom. The van der Waals surface area contributed by atoms with Crippen molar-refractivity contribution < 1.29 is 8.95 Å². The maximum Gasteiger partial charge on any atom is 0.262 e. The summed E-state index contributed by atoms with van der Waals surface area (Å²) < 4.78 is 21.5. The second-order valence-corrected chi connectivity index (χ2v) is 7.51. The highest BCUT2D eigenvalue weighted by Crippen LogP contribution is 2.37. The highest BCUT2D eigenvalue weighted by Gasteiger charge is 2.34. The molecule has 4 nitrogen and oxygen atoms in total. The first-order valence-electron chi connectivity index (χ1n) is 6.36. The third kappa shape index (κ3) is 2.73. The van der Waals surface area contributed by atoms with Crippen LogP contribution in [0.25, 0.3) is 0 Å². The molecular weight excluding hydrogens is 336 g/mol. The molecule has 2 N–H and O–H groups in total. The molecule has 1 aliphatic rings. The molecule has 1 aromatic carbocycles. The van der Waals surface area contributed by atoms with Gasteiger partial charge in [-0.2, -0.15) is 0 Å². The zero-order valence-corrected chi connectivity index (χ0v) is 14.0. The van der Waals surface area contributed by atoms with Gasteiger partial charge in [0.05, 0.1) is 5.69 Å². The van der Waals surface area contributed by atoms with E-state index in [2.05, 4.69) is 16.0 Å². The zero-order valence-electron chi connectivity index (χ0n) is 11.6. The van der Waals surface area contributed by atoms with Gasteiger partial charge in [0.15, 0.2) is 16.6 Å². The predicted octanol–water partition coefficient (Wildman–Crippen LogP) is 3.46. The lowest BCUT2D eigenvalue weighted by atomic mass is 9.93. The van der Waals surface area contributed by atoms with E-state index >= 15 is 0 Å². The molecule has 0 bridgehead atoms. The van der Waals surface area contributed by atoms with E-state index in [1.54, 1.807) is 6.92 Å². The van der Waals surface area contributed by atoms with Gasteiger partial charge in [-0.3, -0.25) is 0 Å². The van der Waals surface area contributed by atoms with Crippen molar-refractivity contribution in [2.45, 2.75) is 16.7 Å². The lowest BCUT2D eigenvalue weighted by molar-refractivity contribution is 0.138. The third-order valence-electron chi connectivity index (χ3n) is 3.23. The molecule has 2 atom stereocenters. The molecule has 1 aromatic heterocycles. The van der Waals surface area contributed by atoms with Crippen molar-refractivity contribution in [2.24, 2.45) is 0 Å². The fourth-order valence-electron chi connectivity index (χ4n) is 2.12. The average Bonchev–Trinajstić information content (AvgIpc) is 3.02. The summed E-state index contributed by atoms with van der Waals surface area (Å²) in [6.45, 7) is 1.78. The first-order valence-corrected chi connectivity index (χ1v) is 8.80. The topological polar surface area (TPSA) is 50.4 Å². The molecule has 2 unspecified atom stereocenters. The molecule has 1 aliphatic heterocycles. The minimum absolute atomic E-state index is 0.246. The fourth-order valence-corrected chi connectivity index (χ4v) is 4.13. The molecule has 7 heteroatoms. The van der Waals surface area contributed by atoms with Crippen molar-refractivity contribution in [3.8, 4) is 12.3 Å². The third-order valence-corrected chi connectivity index (χ3v) is 5.74. The molecule has 112 valence electrons.